The van der Waals surface area contributed by atoms with Gasteiger partial charge in [0.05, 0.1) is 11.1 Å². The first-order valence-electron chi connectivity index (χ1n) is 9.06. The summed E-state index contributed by atoms with van der Waals surface area (Å²) < 4.78 is 0.959. The number of carbonyl (C=O) groups is 1. The van der Waals surface area contributed by atoms with Crippen LogP contribution in [0.3, 0.4) is 0 Å². The SMILES string of the molecule is Cc1nc2ccc(Br)cc2c(-c2ccccc2)c1C(=O)/C=C/c1ccccc1. The Bertz CT molecular complexity index is 1180. The number of allylic oxidation sites excluding steroid dienone is 1. The van der Waals surface area contributed by atoms with Gasteiger partial charge in [-0.05, 0) is 42.3 Å². The number of rotatable bonds is 4. The summed E-state index contributed by atoms with van der Waals surface area (Å²) in [4.78, 5) is 17.9. The monoisotopic (exact) mass is 427 g/mol. The average molecular weight is 428 g/mol. The maximum absolute atomic E-state index is 13.2. The Balaban J connectivity index is 1.93. The van der Waals surface area contributed by atoms with Gasteiger partial charge in [0.15, 0.2) is 5.78 Å². The van der Waals surface area contributed by atoms with Gasteiger partial charge >= 0.3 is 0 Å². The van der Waals surface area contributed by atoms with Crippen molar-refractivity contribution in [2.75, 3.05) is 0 Å². The van der Waals surface area contributed by atoms with E-state index in [2.05, 4.69) is 15.9 Å². The van der Waals surface area contributed by atoms with Gasteiger partial charge in [0, 0.05) is 21.1 Å². The molecule has 0 saturated heterocycles. The fraction of sp³-hybridized carbons (Fsp3) is 0.0400. The number of benzene rings is 3. The highest BCUT2D eigenvalue weighted by atomic mass is 79.9. The van der Waals surface area contributed by atoms with Crippen molar-refractivity contribution in [2.45, 2.75) is 6.92 Å². The molecule has 0 aliphatic rings. The molecular formula is C25H18BrNO. The van der Waals surface area contributed by atoms with Crippen molar-refractivity contribution >= 4 is 38.7 Å². The van der Waals surface area contributed by atoms with E-state index in [4.69, 9.17) is 4.98 Å². The highest BCUT2D eigenvalue weighted by Crippen LogP contribution is 2.35. The summed E-state index contributed by atoms with van der Waals surface area (Å²) in [7, 11) is 0. The lowest BCUT2D eigenvalue weighted by Crippen LogP contribution is -2.05. The number of fused-ring (bicyclic) bond motifs is 1. The van der Waals surface area contributed by atoms with Crippen LogP contribution in [-0.2, 0) is 0 Å². The molecule has 0 amide bonds. The minimum absolute atomic E-state index is 0.0467. The molecule has 0 fully saturated rings. The number of aromatic nitrogens is 1. The first-order valence-corrected chi connectivity index (χ1v) is 9.85. The summed E-state index contributed by atoms with van der Waals surface area (Å²) >= 11 is 3.55. The lowest BCUT2D eigenvalue weighted by atomic mass is 9.92. The first kappa shape index (κ1) is 18.3. The Kier molecular flexibility index (Phi) is 5.18. The molecule has 0 N–H and O–H groups in total. The van der Waals surface area contributed by atoms with Gasteiger partial charge < -0.3 is 0 Å². The van der Waals surface area contributed by atoms with E-state index in [1.54, 1.807) is 6.08 Å². The first-order chi connectivity index (χ1) is 13.6. The van der Waals surface area contributed by atoms with Gasteiger partial charge in [0.2, 0.25) is 0 Å². The Morgan fingerprint density at radius 3 is 2.32 bits per heavy atom. The van der Waals surface area contributed by atoms with Crippen LogP contribution in [0.1, 0.15) is 21.6 Å². The number of aryl methyl sites for hydroxylation is 1. The third kappa shape index (κ3) is 3.67. The molecular weight excluding hydrogens is 410 g/mol. The van der Waals surface area contributed by atoms with Crippen LogP contribution in [0.4, 0.5) is 0 Å². The van der Waals surface area contributed by atoms with E-state index < -0.39 is 0 Å². The third-order valence-corrected chi connectivity index (χ3v) is 5.16. The predicted molar refractivity (Wildman–Crippen MR) is 119 cm³/mol. The van der Waals surface area contributed by atoms with Gasteiger partial charge in [-0.3, -0.25) is 9.78 Å². The van der Waals surface area contributed by atoms with Gasteiger partial charge in [0.25, 0.3) is 0 Å². The largest absolute Gasteiger partial charge is 0.289 e. The van der Waals surface area contributed by atoms with Crippen LogP contribution in [0.5, 0.6) is 0 Å². The van der Waals surface area contributed by atoms with E-state index in [1.165, 1.54) is 0 Å². The second-order valence-electron chi connectivity index (χ2n) is 6.58. The molecule has 0 unspecified atom stereocenters. The maximum atomic E-state index is 13.2. The number of carbonyl (C=O) groups excluding carboxylic acids is 1. The van der Waals surface area contributed by atoms with Crippen LogP contribution in [0, 0.1) is 6.92 Å². The topological polar surface area (TPSA) is 30.0 Å². The number of ketones is 1. The summed E-state index contributed by atoms with van der Waals surface area (Å²) in [5.41, 5.74) is 5.18. The fourth-order valence-electron chi connectivity index (χ4n) is 3.38. The van der Waals surface area contributed by atoms with Crippen LogP contribution < -0.4 is 0 Å². The second-order valence-corrected chi connectivity index (χ2v) is 7.50. The van der Waals surface area contributed by atoms with E-state index in [0.717, 1.165) is 37.8 Å². The third-order valence-electron chi connectivity index (χ3n) is 4.66. The highest BCUT2D eigenvalue weighted by Gasteiger charge is 2.19. The van der Waals surface area contributed by atoms with Gasteiger partial charge in [-0.15, -0.1) is 0 Å². The molecule has 0 radical (unpaired) electrons. The van der Waals surface area contributed by atoms with E-state index in [1.807, 2.05) is 91.9 Å². The van der Waals surface area contributed by atoms with Crippen molar-refractivity contribution < 1.29 is 4.79 Å². The molecule has 0 saturated carbocycles. The van der Waals surface area contributed by atoms with E-state index in [-0.39, 0.29) is 5.78 Å². The van der Waals surface area contributed by atoms with E-state index in [0.29, 0.717) is 5.56 Å². The normalized spacial score (nSPS) is 11.2. The van der Waals surface area contributed by atoms with Crippen molar-refractivity contribution in [1.29, 1.82) is 0 Å². The predicted octanol–water partition coefficient (Wildman–Crippen LogP) is 6.87. The van der Waals surface area contributed by atoms with Crippen LogP contribution in [0.2, 0.25) is 0 Å². The summed E-state index contributed by atoms with van der Waals surface area (Å²) in [5.74, 6) is -0.0467. The highest BCUT2D eigenvalue weighted by molar-refractivity contribution is 9.10. The molecule has 4 rings (SSSR count). The molecule has 136 valence electrons. The molecule has 0 bridgehead atoms. The molecule has 0 aliphatic carbocycles. The quantitative estimate of drug-likeness (QED) is 0.262. The number of pyridine rings is 1. The van der Waals surface area contributed by atoms with E-state index in [9.17, 15) is 4.79 Å². The molecule has 0 atom stereocenters. The molecule has 1 aromatic heterocycles. The van der Waals surface area contributed by atoms with Gasteiger partial charge in [0.1, 0.15) is 0 Å². The van der Waals surface area contributed by atoms with E-state index >= 15 is 0 Å². The molecule has 28 heavy (non-hydrogen) atoms. The Morgan fingerprint density at radius 1 is 0.929 bits per heavy atom. The van der Waals surface area contributed by atoms with Crippen molar-refractivity contribution in [2.24, 2.45) is 0 Å². The number of hydrogen-bond acceptors (Lipinski definition) is 2. The molecule has 1 heterocycles. The molecule has 0 aliphatic heterocycles. The minimum atomic E-state index is -0.0467. The number of nitrogens with zero attached hydrogens (tertiary/aromatic N) is 1. The minimum Gasteiger partial charge on any atom is -0.289 e. The molecule has 2 nitrogen and oxygen atoms in total. The second kappa shape index (κ2) is 7.91. The Morgan fingerprint density at radius 2 is 1.61 bits per heavy atom. The van der Waals surface area contributed by atoms with Crippen LogP contribution >= 0.6 is 15.9 Å². The summed E-state index contributed by atoms with van der Waals surface area (Å²) in [6.45, 7) is 1.90. The molecule has 0 spiro atoms. The summed E-state index contributed by atoms with van der Waals surface area (Å²) in [6.07, 6.45) is 3.48. The van der Waals surface area contributed by atoms with Gasteiger partial charge in [-0.25, -0.2) is 0 Å². The standard InChI is InChI=1S/C25H18BrNO/c1-17-24(23(28)15-12-18-8-4-2-5-9-18)25(19-10-6-3-7-11-19)21-16-20(26)13-14-22(21)27-17/h2-16H,1H3/b15-12+. The molecule has 3 aromatic carbocycles. The Hall–Kier alpha value is -3.04. The smallest absolute Gasteiger partial charge is 0.188 e. The zero-order valence-electron chi connectivity index (χ0n) is 15.4. The van der Waals surface area contributed by atoms with Crippen LogP contribution in [0.25, 0.3) is 28.1 Å². The lowest BCUT2D eigenvalue weighted by Gasteiger charge is -2.14. The zero-order chi connectivity index (χ0) is 19.5. The number of halogens is 1. The zero-order valence-corrected chi connectivity index (χ0v) is 17.0. The number of hydrogen-bond donors (Lipinski definition) is 0. The molecule has 4 aromatic rings. The fourth-order valence-corrected chi connectivity index (χ4v) is 3.74. The van der Waals surface area contributed by atoms with Crippen molar-refractivity contribution in [3.05, 3.63) is 106 Å². The van der Waals surface area contributed by atoms with Crippen LogP contribution in [0.15, 0.2) is 89.4 Å². The lowest BCUT2D eigenvalue weighted by molar-refractivity contribution is 0.104. The average Bonchev–Trinajstić information content (AvgIpc) is 2.73. The van der Waals surface area contributed by atoms with Crippen molar-refractivity contribution in [1.82, 2.24) is 4.98 Å². The van der Waals surface area contributed by atoms with Crippen LogP contribution in [-0.4, -0.2) is 10.8 Å². The summed E-state index contributed by atoms with van der Waals surface area (Å²) in [6, 6.07) is 25.8. The van der Waals surface area contributed by atoms with Gasteiger partial charge in [-0.2, -0.15) is 0 Å². The van der Waals surface area contributed by atoms with Crippen molar-refractivity contribution in [3.63, 3.8) is 0 Å². The maximum Gasteiger partial charge on any atom is 0.188 e. The summed E-state index contributed by atoms with van der Waals surface area (Å²) in [5, 5.41) is 0.961. The van der Waals surface area contributed by atoms with Gasteiger partial charge in [-0.1, -0.05) is 82.7 Å². The Labute approximate surface area is 172 Å². The van der Waals surface area contributed by atoms with Crippen molar-refractivity contribution in [3.8, 4) is 11.1 Å². The molecule has 3 heteroatoms.